The molecule has 1 aromatic carbocycles. The molecule has 1 aliphatic rings. The van der Waals surface area contributed by atoms with E-state index in [9.17, 15) is 5.11 Å². The smallest absolute Gasteiger partial charge is 0.105 e. The Morgan fingerprint density at radius 1 is 1.24 bits per heavy atom. The van der Waals surface area contributed by atoms with Crippen molar-refractivity contribution in [2.75, 3.05) is 6.54 Å². The van der Waals surface area contributed by atoms with E-state index in [0.717, 1.165) is 21.8 Å². The fourth-order valence-corrected chi connectivity index (χ4v) is 4.29. The van der Waals surface area contributed by atoms with Gasteiger partial charge in [-0.05, 0) is 61.9 Å². The van der Waals surface area contributed by atoms with Crippen LogP contribution in [0.25, 0.3) is 0 Å². The number of hydrogen-bond acceptors (Lipinski definition) is 3. The highest BCUT2D eigenvalue weighted by Gasteiger charge is 2.44. The number of benzene rings is 1. The zero-order valence-electron chi connectivity index (χ0n) is 11.4. The van der Waals surface area contributed by atoms with Crippen LogP contribution in [0.4, 0.5) is 0 Å². The van der Waals surface area contributed by atoms with Crippen molar-refractivity contribution in [3.05, 3.63) is 62.3 Å². The number of nitrogens with two attached hydrogens (primary N) is 1. The number of pyridine rings is 1. The molecule has 1 aromatic heterocycles. The van der Waals surface area contributed by atoms with Crippen molar-refractivity contribution in [3.63, 3.8) is 0 Å². The van der Waals surface area contributed by atoms with Crippen molar-refractivity contribution < 1.29 is 5.11 Å². The van der Waals surface area contributed by atoms with Gasteiger partial charge in [0.15, 0.2) is 0 Å². The molecular weight excluding hydrogens is 396 g/mol. The third-order valence-corrected chi connectivity index (χ3v) is 5.35. The average molecular weight is 412 g/mol. The van der Waals surface area contributed by atoms with Crippen LogP contribution in [-0.2, 0) is 12.8 Å². The second-order valence-corrected chi connectivity index (χ2v) is 7.38. The summed E-state index contributed by atoms with van der Waals surface area (Å²) in [6.07, 6.45) is 2.57. The van der Waals surface area contributed by atoms with E-state index in [4.69, 9.17) is 5.73 Å². The predicted molar refractivity (Wildman–Crippen MR) is 89.9 cm³/mol. The lowest BCUT2D eigenvalue weighted by molar-refractivity contribution is 0.0318. The molecule has 0 radical (unpaired) electrons. The second-order valence-electron chi connectivity index (χ2n) is 5.61. The van der Waals surface area contributed by atoms with Gasteiger partial charge < -0.3 is 10.8 Å². The SMILES string of the molecule is NCC1(C(O)c2ncc(Br)cc2Br)Cc2ccccc2C1. The van der Waals surface area contributed by atoms with E-state index in [1.807, 2.05) is 18.2 Å². The largest absolute Gasteiger partial charge is 0.386 e. The molecule has 3 rings (SSSR count). The van der Waals surface area contributed by atoms with Crippen molar-refractivity contribution >= 4 is 31.9 Å². The Morgan fingerprint density at radius 2 is 1.86 bits per heavy atom. The van der Waals surface area contributed by atoms with E-state index in [-0.39, 0.29) is 5.41 Å². The molecule has 0 bridgehead atoms. The Hall–Kier alpha value is -0.750. The molecule has 1 aliphatic carbocycles. The molecule has 0 saturated heterocycles. The molecule has 110 valence electrons. The van der Waals surface area contributed by atoms with Gasteiger partial charge in [0.2, 0.25) is 0 Å². The number of aromatic nitrogens is 1. The Bertz CT molecular complexity index is 650. The minimum Gasteiger partial charge on any atom is -0.386 e. The van der Waals surface area contributed by atoms with Crippen LogP contribution < -0.4 is 5.73 Å². The molecule has 21 heavy (non-hydrogen) atoms. The summed E-state index contributed by atoms with van der Waals surface area (Å²) in [5.74, 6) is 0. The Balaban J connectivity index is 1.98. The third-order valence-electron chi connectivity index (χ3n) is 4.29. The van der Waals surface area contributed by atoms with Gasteiger partial charge >= 0.3 is 0 Å². The van der Waals surface area contributed by atoms with Gasteiger partial charge in [0.1, 0.15) is 6.10 Å². The molecule has 0 fully saturated rings. The molecular formula is C16H16Br2N2O. The lowest BCUT2D eigenvalue weighted by atomic mass is 9.77. The molecule has 0 spiro atoms. The van der Waals surface area contributed by atoms with Crippen molar-refractivity contribution in [1.82, 2.24) is 4.98 Å². The fourth-order valence-electron chi connectivity index (χ4n) is 3.09. The lowest BCUT2D eigenvalue weighted by Crippen LogP contribution is -2.38. The fraction of sp³-hybridized carbons (Fsp3) is 0.312. The summed E-state index contributed by atoms with van der Waals surface area (Å²) >= 11 is 6.87. The van der Waals surface area contributed by atoms with Crippen LogP contribution in [0.15, 0.2) is 45.5 Å². The number of fused-ring (bicyclic) bond motifs is 1. The second kappa shape index (κ2) is 5.80. The van der Waals surface area contributed by atoms with Crippen molar-refractivity contribution in [2.45, 2.75) is 18.9 Å². The topological polar surface area (TPSA) is 59.1 Å². The highest BCUT2D eigenvalue weighted by atomic mass is 79.9. The van der Waals surface area contributed by atoms with Crippen LogP contribution in [0.3, 0.4) is 0 Å². The molecule has 1 atom stereocenters. The summed E-state index contributed by atoms with van der Waals surface area (Å²) in [5.41, 5.74) is 8.87. The molecule has 0 amide bonds. The monoisotopic (exact) mass is 410 g/mol. The number of nitrogens with zero attached hydrogens (tertiary/aromatic N) is 1. The summed E-state index contributed by atoms with van der Waals surface area (Å²) in [4.78, 5) is 4.38. The normalized spacial score (nSPS) is 17.5. The average Bonchev–Trinajstić information content (AvgIpc) is 2.86. The predicted octanol–water partition coefficient (Wildman–Crippen LogP) is 3.38. The minimum atomic E-state index is -0.697. The quantitative estimate of drug-likeness (QED) is 0.813. The molecule has 0 aliphatic heterocycles. The summed E-state index contributed by atoms with van der Waals surface area (Å²) in [5, 5.41) is 10.9. The number of aliphatic hydroxyl groups excluding tert-OH is 1. The highest BCUT2D eigenvalue weighted by Crippen LogP contribution is 2.46. The Labute approximate surface area is 140 Å². The van der Waals surface area contributed by atoms with Gasteiger partial charge in [-0.1, -0.05) is 24.3 Å². The van der Waals surface area contributed by atoms with E-state index < -0.39 is 6.10 Å². The van der Waals surface area contributed by atoms with Gasteiger partial charge in [0.25, 0.3) is 0 Å². The van der Waals surface area contributed by atoms with E-state index in [1.165, 1.54) is 11.1 Å². The molecule has 2 aromatic rings. The van der Waals surface area contributed by atoms with Gasteiger partial charge in [0, 0.05) is 27.1 Å². The molecule has 3 nitrogen and oxygen atoms in total. The zero-order valence-corrected chi connectivity index (χ0v) is 14.6. The van der Waals surface area contributed by atoms with E-state index in [0.29, 0.717) is 12.2 Å². The van der Waals surface area contributed by atoms with Crippen LogP contribution in [0.2, 0.25) is 0 Å². The van der Waals surface area contributed by atoms with Gasteiger partial charge in [0.05, 0.1) is 5.69 Å². The van der Waals surface area contributed by atoms with Crippen molar-refractivity contribution in [1.29, 1.82) is 0 Å². The minimum absolute atomic E-state index is 0.382. The first-order valence-corrected chi connectivity index (χ1v) is 8.40. The summed E-state index contributed by atoms with van der Waals surface area (Å²) in [7, 11) is 0. The van der Waals surface area contributed by atoms with E-state index in [1.54, 1.807) is 6.20 Å². The Kier molecular flexibility index (Phi) is 4.19. The number of aliphatic hydroxyl groups is 1. The molecule has 1 unspecified atom stereocenters. The maximum atomic E-state index is 10.9. The van der Waals surface area contributed by atoms with Gasteiger partial charge in [-0.25, -0.2) is 0 Å². The molecule has 1 heterocycles. The lowest BCUT2D eigenvalue weighted by Gasteiger charge is -2.33. The van der Waals surface area contributed by atoms with Gasteiger partial charge in [-0.3, -0.25) is 4.98 Å². The van der Waals surface area contributed by atoms with Gasteiger partial charge in [-0.15, -0.1) is 0 Å². The Morgan fingerprint density at radius 3 is 2.38 bits per heavy atom. The highest BCUT2D eigenvalue weighted by molar-refractivity contribution is 9.11. The first-order valence-electron chi connectivity index (χ1n) is 6.81. The van der Waals surface area contributed by atoms with Crippen LogP contribution in [0.1, 0.15) is 22.9 Å². The van der Waals surface area contributed by atoms with Crippen LogP contribution in [0, 0.1) is 5.41 Å². The van der Waals surface area contributed by atoms with E-state index in [2.05, 4.69) is 49.0 Å². The molecule has 3 N–H and O–H groups in total. The third kappa shape index (κ3) is 2.68. The maximum Gasteiger partial charge on any atom is 0.105 e. The standard InChI is InChI=1S/C16H16Br2N2O/c17-12-5-13(18)14(20-8-12)15(21)16(9-19)6-10-3-1-2-4-11(10)7-16/h1-5,8,15,21H,6-7,9,19H2. The summed E-state index contributed by atoms with van der Waals surface area (Å²) < 4.78 is 1.68. The van der Waals surface area contributed by atoms with Crippen LogP contribution in [0.5, 0.6) is 0 Å². The molecule has 0 saturated carbocycles. The number of hydrogen-bond donors (Lipinski definition) is 2. The number of halogens is 2. The number of rotatable bonds is 3. The van der Waals surface area contributed by atoms with Crippen LogP contribution >= 0.6 is 31.9 Å². The van der Waals surface area contributed by atoms with Crippen molar-refractivity contribution in [3.8, 4) is 0 Å². The van der Waals surface area contributed by atoms with Crippen molar-refractivity contribution in [2.24, 2.45) is 11.1 Å². The zero-order chi connectivity index (χ0) is 15.0. The maximum absolute atomic E-state index is 10.9. The summed E-state index contributed by atoms with van der Waals surface area (Å²) in [6, 6.07) is 10.2. The first-order chi connectivity index (χ1) is 10.1. The molecule has 5 heteroatoms. The first kappa shape index (κ1) is 15.2. The van der Waals surface area contributed by atoms with Gasteiger partial charge in [-0.2, -0.15) is 0 Å². The summed E-state index contributed by atoms with van der Waals surface area (Å²) in [6.45, 7) is 0.424. The van der Waals surface area contributed by atoms with E-state index >= 15 is 0 Å². The van der Waals surface area contributed by atoms with Crippen LogP contribution in [-0.4, -0.2) is 16.6 Å².